The number of nitrogens with zero attached hydrogens (tertiary/aromatic N) is 4. The van der Waals surface area contributed by atoms with Gasteiger partial charge in [0.2, 0.25) is 5.75 Å². The van der Waals surface area contributed by atoms with Gasteiger partial charge in [-0.25, -0.2) is 23.2 Å². The van der Waals surface area contributed by atoms with Crippen LogP contribution in [0.3, 0.4) is 0 Å². The molecule has 14 heteroatoms. The molecule has 198 valence electrons. The topological polar surface area (TPSA) is 154 Å². The SMILES string of the molecule is COc1c(Nc2ccc(NCCS(C)(=O)=O)nc2)ncnc1OC1CCN(OC(=O)OC(C)C)CC1. The minimum atomic E-state index is -3.05. The van der Waals surface area contributed by atoms with Crippen LogP contribution in [0.25, 0.3) is 0 Å². The van der Waals surface area contributed by atoms with E-state index in [9.17, 15) is 13.2 Å². The van der Waals surface area contributed by atoms with E-state index in [0.717, 1.165) is 0 Å². The van der Waals surface area contributed by atoms with Crippen LogP contribution in [0.5, 0.6) is 11.6 Å². The maximum absolute atomic E-state index is 11.7. The van der Waals surface area contributed by atoms with Gasteiger partial charge in [0.1, 0.15) is 28.1 Å². The number of carbonyl (C=O) groups is 1. The number of hydroxylamine groups is 2. The third kappa shape index (κ3) is 8.68. The normalized spacial score (nSPS) is 14.8. The van der Waals surface area contributed by atoms with Gasteiger partial charge in [-0.05, 0) is 26.0 Å². The first-order chi connectivity index (χ1) is 17.1. The van der Waals surface area contributed by atoms with E-state index >= 15 is 0 Å². The van der Waals surface area contributed by atoms with Gasteiger partial charge in [-0.1, -0.05) is 0 Å². The third-order valence-corrected chi connectivity index (χ3v) is 5.94. The molecule has 2 N–H and O–H groups in total. The number of aromatic nitrogens is 3. The van der Waals surface area contributed by atoms with Crippen LogP contribution in [0, 0.1) is 0 Å². The van der Waals surface area contributed by atoms with Gasteiger partial charge >= 0.3 is 6.16 Å². The molecule has 3 heterocycles. The zero-order chi connectivity index (χ0) is 26.1. The molecule has 0 aliphatic carbocycles. The summed E-state index contributed by atoms with van der Waals surface area (Å²) < 4.78 is 39.1. The molecule has 0 spiro atoms. The molecular weight excluding hydrogens is 492 g/mol. The first-order valence-electron chi connectivity index (χ1n) is 11.5. The maximum atomic E-state index is 11.7. The van der Waals surface area contributed by atoms with E-state index in [0.29, 0.717) is 54.9 Å². The van der Waals surface area contributed by atoms with Gasteiger partial charge in [-0.3, -0.25) is 0 Å². The highest BCUT2D eigenvalue weighted by Crippen LogP contribution is 2.34. The van der Waals surface area contributed by atoms with Crippen LogP contribution in [-0.4, -0.2) is 85.5 Å². The van der Waals surface area contributed by atoms with Crippen LogP contribution < -0.4 is 20.1 Å². The minimum Gasteiger partial charge on any atom is -0.489 e. The van der Waals surface area contributed by atoms with Crippen LogP contribution in [0.1, 0.15) is 26.7 Å². The molecule has 0 amide bonds. The Labute approximate surface area is 210 Å². The van der Waals surface area contributed by atoms with Crippen LogP contribution in [0.2, 0.25) is 0 Å². The molecule has 0 radical (unpaired) electrons. The molecule has 0 saturated carbocycles. The van der Waals surface area contributed by atoms with Crippen molar-refractivity contribution in [3.05, 3.63) is 24.7 Å². The lowest BCUT2D eigenvalue weighted by molar-refractivity contribution is -0.151. The molecule has 2 aromatic heterocycles. The van der Waals surface area contributed by atoms with Crippen LogP contribution in [0.4, 0.5) is 22.1 Å². The molecule has 3 rings (SSSR count). The molecule has 13 nitrogen and oxygen atoms in total. The lowest BCUT2D eigenvalue weighted by Crippen LogP contribution is -2.40. The van der Waals surface area contributed by atoms with E-state index in [1.807, 2.05) is 0 Å². The molecule has 0 atom stereocenters. The van der Waals surface area contributed by atoms with Crippen molar-refractivity contribution in [1.29, 1.82) is 0 Å². The molecule has 1 aliphatic rings. The number of carbonyl (C=O) groups excluding carboxylic acids is 1. The second kappa shape index (κ2) is 12.5. The molecule has 1 fully saturated rings. The molecular formula is C22H32N6O7S. The number of anilines is 3. The molecule has 2 aromatic rings. The number of rotatable bonds is 11. The van der Waals surface area contributed by atoms with Crippen molar-refractivity contribution in [1.82, 2.24) is 20.0 Å². The van der Waals surface area contributed by atoms with E-state index in [1.165, 1.54) is 19.7 Å². The lowest BCUT2D eigenvalue weighted by Gasteiger charge is -2.30. The average molecular weight is 525 g/mol. The minimum absolute atomic E-state index is 0.0202. The number of piperidine rings is 1. The van der Waals surface area contributed by atoms with Gasteiger partial charge in [-0.2, -0.15) is 4.98 Å². The smallest absolute Gasteiger partial charge is 0.489 e. The molecule has 0 unspecified atom stereocenters. The van der Waals surface area contributed by atoms with E-state index in [-0.39, 0.29) is 24.5 Å². The number of pyridine rings is 1. The molecule has 0 bridgehead atoms. The van der Waals surface area contributed by atoms with Crippen molar-refractivity contribution < 1.29 is 32.3 Å². The Morgan fingerprint density at radius 2 is 1.94 bits per heavy atom. The van der Waals surface area contributed by atoms with Crippen molar-refractivity contribution in [3.8, 4) is 11.6 Å². The monoisotopic (exact) mass is 524 g/mol. The summed E-state index contributed by atoms with van der Waals surface area (Å²) in [4.78, 5) is 29.6. The summed E-state index contributed by atoms with van der Waals surface area (Å²) in [5, 5.41) is 7.65. The fourth-order valence-electron chi connectivity index (χ4n) is 3.31. The Bertz CT molecular complexity index is 1110. The lowest BCUT2D eigenvalue weighted by atomic mass is 10.1. The van der Waals surface area contributed by atoms with E-state index in [4.69, 9.17) is 19.0 Å². The van der Waals surface area contributed by atoms with Crippen LogP contribution in [-0.2, 0) is 19.4 Å². The Balaban J connectivity index is 1.56. The highest BCUT2D eigenvalue weighted by molar-refractivity contribution is 7.90. The summed E-state index contributed by atoms with van der Waals surface area (Å²) in [5.74, 6) is 1.61. The highest BCUT2D eigenvalue weighted by Gasteiger charge is 2.26. The highest BCUT2D eigenvalue weighted by atomic mass is 32.2. The van der Waals surface area contributed by atoms with Gasteiger partial charge in [0.25, 0.3) is 5.88 Å². The van der Waals surface area contributed by atoms with Crippen molar-refractivity contribution in [2.75, 3.05) is 49.4 Å². The number of ether oxygens (including phenoxy) is 3. The summed E-state index contributed by atoms with van der Waals surface area (Å²) in [6.45, 7) is 4.77. The first kappa shape index (κ1) is 27.2. The summed E-state index contributed by atoms with van der Waals surface area (Å²) in [5.41, 5.74) is 0.644. The fourth-order valence-corrected chi connectivity index (χ4v) is 3.78. The maximum Gasteiger partial charge on any atom is 0.528 e. The number of sulfone groups is 1. The van der Waals surface area contributed by atoms with Crippen molar-refractivity contribution >= 4 is 33.3 Å². The van der Waals surface area contributed by atoms with Crippen molar-refractivity contribution in [3.63, 3.8) is 0 Å². The largest absolute Gasteiger partial charge is 0.528 e. The van der Waals surface area contributed by atoms with E-state index in [2.05, 4.69) is 25.6 Å². The van der Waals surface area contributed by atoms with Gasteiger partial charge in [0.15, 0.2) is 5.82 Å². The molecule has 36 heavy (non-hydrogen) atoms. The number of hydrogen-bond donors (Lipinski definition) is 2. The standard InChI is InChI=1S/C22H32N6O7S/c1-15(2)33-22(29)35-28-10-7-17(8-11-28)34-21-19(32-3)20(25-14-26-21)27-16-5-6-18(24-13-16)23-9-12-36(4,30)31/h5-6,13-15,17H,7-12H2,1-4H3,(H,23,24)(H,25,26,27). The van der Waals surface area contributed by atoms with Gasteiger partial charge in [0.05, 0.1) is 30.9 Å². The summed E-state index contributed by atoms with van der Waals surface area (Å²) in [7, 11) is -1.55. The average Bonchev–Trinajstić information content (AvgIpc) is 2.80. The van der Waals surface area contributed by atoms with Crippen LogP contribution in [0.15, 0.2) is 24.7 Å². The molecule has 1 aliphatic heterocycles. The Hall–Kier alpha value is -3.39. The predicted octanol–water partition coefficient (Wildman–Crippen LogP) is 2.40. The zero-order valence-corrected chi connectivity index (χ0v) is 21.6. The van der Waals surface area contributed by atoms with Gasteiger partial charge in [-0.15, -0.1) is 5.06 Å². The summed E-state index contributed by atoms with van der Waals surface area (Å²) in [6, 6.07) is 3.50. The van der Waals surface area contributed by atoms with E-state index in [1.54, 1.807) is 37.2 Å². The van der Waals surface area contributed by atoms with Crippen molar-refractivity contribution in [2.24, 2.45) is 0 Å². The third-order valence-electron chi connectivity index (χ3n) is 5.00. The fraction of sp³-hybridized carbons (Fsp3) is 0.545. The molecule has 1 saturated heterocycles. The Kier molecular flexibility index (Phi) is 9.47. The summed E-state index contributed by atoms with van der Waals surface area (Å²) >= 11 is 0. The zero-order valence-electron chi connectivity index (χ0n) is 20.8. The quantitative estimate of drug-likeness (QED) is 0.414. The summed E-state index contributed by atoms with van der Waals surface area (Å²) in [6.07, 6.45) is 4.26. The second-order valence-electron chi connectivity index (χ2n) is 8.43. The predicted molar refractivity (Wildman–Crippen MR) is 132 cm³/mol. The van der Waals surface area contributed by atoms with E-state index < -0.39 is 16.0 Å². The van der Waals surface area contributed by atoms with Gasteiger partial charge in [0, 0.05) is 38.7 Å². The van der Waals surface area contributed by atoms with Gasteiger partial charge < -0.3 is 29.7 Å². The Morgan fingerprint density at radius 1 is 1.19 bits per heavy atom. The Morgan fingerprint density at radius 3 is 2.56 bits per heavy atom. The second-order valence-corrected chi connectivity index (χ2v) is 10.7. The number of methoxy groups -OCH3 is 1. The number of hydrogen-bond acceptors (Lipinski definition) is 13. The van der Waals surface area contributed by atoms with Crippen molar-refractivity contribution in [2.45, 2.75) is 38.9 Å². The molecule has 0 aromatic carbocycles. The first-order valence-corrected chi connectivity index (χ1v) is 13.5. The number of nitrogens with one attached hydrogen (secondary N) is 2. The van der Waals surface area contributed by atoms with Crippen LogP contribution >= 0.6 is 0 Å².